The Balaban J connectivity index is 1.47. The highest BCUT2D eigenvalue weighted by molar-refractivity contribution is 8.26. The van der Waals surface area contributed by atoms with Crippen molar-refractivity contribution in [1.29, 1.82) is 0 Å². The number of rotatable bonds is 6. The fraction of sp³-hybridized carbons (Fsp3) is 0.273. The molecule has 1 aromatic carbocycles. The second-order valence-corrected chi connectivity index (χ2v) is 10.1. The van der Waals surface area contributed by atoms with E-state index in [1.807, 2.05) is 12.1 Å². The van der Waals surface area contributed by atoms with Gasteiger partial charge in [-0.25, -0.2) is 0 Å². The van der Waals surface area contributed by atoms with Crippen LogP contribution in [0.2, 0.25) is 0 Å². The normalized spacial score (nSPS) is 16.9. The number of primary amides is 1. The number of aryl methyl sites for hydroxylation is 1. The van der Waals surface area contributed by atoms with Crippen LogP contribution in [0.1, 0.15) is 39.2 Å². The third-order valence-corrected chi connectivity index (χ3v) is 7.84. The van der Waals surface area contributed by atoms with Crippen LogP contribution in [0.25, 0.3) is 6.08 Å². The van der Waals surface area contributed by atoms with Gasteiger partial charge in [-0.3, -0.25) is 19.3 Å². The molecule has 32 heavy (non-hydrogen) atoms. The lowest BCUT2D eigenvalue weighted by Gasteiger charge is -2.14. The number of ether oxygens (including phenoxy) is 1. The molecule has 2 aliphatic rings. The molecule has 0 spiro atoms. The average molecular weight is 488 g/mol. The molecule has 10 heteroatoms. The summed E-state index contributed by atoms with van der Waals surface area (Å²) < 4.78 is 5.45. The Labute approximate surface area is 199 Å². The summed E-state index contributed by atoms with van der Waals surface area (Å²) in [5, 5.41) is 3.23. The van der Waals surface area contributed by atoms with Crippen molar-refractivity contribution in [3.8, 4) is 5.75 Å². The number of nitrogens with two attached hydrogens (primary N) is 1. The summed E-state index contributed by atoms with van der Waals surface area (Å²) in [5.41, 5.74) is 7.75. The first-order valence-electron chi connectivity index (χ1n) is 10.0. The Morgan fingerprint density at radius 3 is 2.66 bits per heavy atom. The quantitative estimate of drug-likeness (QED) is 0.477. The van der Waals surface area contributed by atoms with E-state index in [4.69, 9.17) is 22.7 Å². The standard InChI is InChI=1S/C22H21N3O4S3/c1-29-13-8-6-12(7-9-13)10-16-21(28)25(22(30)32-16)11-17(26)24-20-18(19(23)27)14-4-2-3-5-15(14)31-20/h6-10H,2-5,11H2,1H3,(H2,23,27)(H,24,26)/b16-10-. The lowest BCUT2D eigenvalue weighted by atomic mass is 9.95. The van der Waals surface area contributed by atoms with E-state index in [-0.39, 0.29) is 12.5 Å². The van der Waals surface area contributed by atoms with Gasteiger partial charge in [0.05, 0.1) is 17.6 Å². The number of thiophene rings is 1. The summed E-state index contributed by atoms with van der Waals surface area (Å²) in [6, 6.07) is 7.28. The van der Waals surface area contributed by atoms with Gasteiger partial charge in [0, 0.05) is 4.88 Å². The van der Waals surface area contributed by atoms with Crippen LogP contribution in [-0.2, 0) is 22.4 Å². The van der Waals surface area contributed by atoms with Crippen molar-refractivity contribution < 1.29 is 19.1 Å². The van der Waals surface area contributed by atoms with Crippen LogP contribution >= 0.6 is 35.3 Å². The molecule has 1 saturated heterocycles. The van der Waals surface area contributed by atoms with Crippen molar-refractivity contribution in [2.24, 2.45) is 5.73 Å². The van der Waals surface area contributed by atoms with Gasteiger partial charge in [-0.05, 0) is 55.0 Å². The Hall–Kier alpha value is -2.69. The van der Waals surface area contributed by atoms with E-state index in [1.165, 1.54) is 16.2 Å². The fourth-order valence-corrected chi connectivity index (χ4v) is 6.28. The van der Waals surface area contributed by atoms with Crippen LogP contribution in [0.4, 0.5) is 5.00 Å². The highest BCUT2D eigenvalue weighted by Gasteiger charge is 2.34. The van der Waals surface area contributed by atoms with Crippen molar-refractivity contribution in [1.82, 2.24) is 4.90 Å². The Kier molecular flexibility index (Phi) is 6.63. The van der Waals surface area contributed by atoms with Gasteiger partial charge in [0.2, 0.25) is 5.91 Å². The van der Waals surface area contributed by atoms with Gasteiger partial charge in [0.25, 0.3) is 11.8 Å². The van der Waals surface area contributed by atoms with Crippen molar-refractivity contribution >= 4 is 68.4 Å². The Morgan fingerprint density at radius 2 is 1.97 bits per heavy atom. The minimum Gasteiger partial charge on any atom is -0.497 e. The zero-order chi connectivity index (χ0) is 22.8. The summed E-state index contributed by atoms with van der Waals surface area (Å²) in [5.74, 6) is -0.579. The number of anilines is 1. The third-order valence-electron chi connectivity index (χ3n) is 5.26. The van der Waals surface area contributed by atoms with E-state index in [0.29, 0.717) is 19.8 Å². The van der Waals surface area contributed by atoms with Crippen LogP contribution < -0.4 is 15.8 Å². The van der Waals surface area contributed by atoms with Crippen LogP contribution in [-0.4, -0.2) is 40.6 Å². The second kappa shape index (κ2) is 9.43. The number of fused-ring (bicyclic) bond motifs is 1. The molecule has 0 bridgehead atoms. The van der Waals surface area contributed by atoms with E-state index in [9.17, 15) is 14.4 Å². The summed E-state index contributed by atoms with van der Waals surface area (Å²) in [4.78, 5) is 40.4. The predicted octanol–water partition coefficient (Wildman–Crippen LogP) is 3.57. The van der Waals surface area contributed by atoms with Crippen molar-refractivity contribution in [3.05, 3.63) is 50.7 Å². The largest absolute Gasteiger partial charge is 0.497 e. The highest BCUT2D eigenvalue weighted by atomic mass is 32.2. The molecule has 0 unspecified atom stereocenters. The average Bonchev–Trinajstić information content (AvgIpc) is 3.26. The topological polar surface area (TPSA) is 102 Å². The molecular weight excluding hydrogens is 466 g/mol. The van der Waals surface area contributed by atoms with Crippen LogP contribution in [0, 0.1) is 0 Å². The third kappa shape index (κ3) is 4.57. The second-order valence-electron chi connectivity index (χ2n) is 7.37. The van der Waals surface area contributed by atoms with Gasteiger partial charge in [-0.15, -0.1) is 11.3 Å². The number of thioether (sulfide) groups is 1. The first-order chi connectivity index (χ1) is 15.4. The molecule has 1 aliphatic heterocycles. The molecule has 1 fully saturated rings. The SMILES string of the molecule is COc1ccc(/C=C2\SC(=S)N(CC(=O)Nc3sc4c(c3C(N)=O)CCCC4)C2=O)cc1. The molecule has 1 aliphatic carbocycles. The van der Waals surface area contributed by atoms with E-state index in [0.717, 1.165) is 59.2 Å². The first-order valence-corrected chi connectivity index (χ1v) is 12.0. The number of carbonyl (C=O) groups is 3. The molecule has 3 amide bonds. The monoisotopic (exact) mass is 487 g/mol. The number of benzene rings is 1. The molecule has 3 N–H and O–H groups in total. The molecule has 0 saturated carbocycles. The number of nitrogens with zero attached hydrogens (tertiary/aromatic N) is 1. The summed E-state index contributed by atoms with van der Waals surface area (Å²) >= 11 is 7.87. The maximum atomic E-state index is 12.8. The van der Waals surface area contributed by atoms with Crippen LogP contribution in [0.15, 0.2) is 29.2 Å². The van der Waals surface area contributed by atoms with E-state index in [1.54, 1.807) is 25.3 Å². The van der Waals surface area contributed by atoms with Crippen molar-refractivity contribution in [3.63, 3.8) is 0 Å². The first kappa shape index (κ1) is 22.5. The number of nitrogens with one attached hydrogen (secondary N) is 1. The number of amides is 3. The summed E-state index contributed by atoms with van der Waals surface area (Å²) in [6.45, 7) is -0.231. The van der Waals surface area contributed by atoms with Gasteiger partial charge < -0.3 is 15.8 Å². The zero-order valence-corrected chi connectivity index (χ0v) is 19.8. The van der Waals surface area contributed by atoms with Crippen LogP contribution in [0.3, 0.4) is 0 Å². The van der Waals surface area contributed by atoms with E-state index >= 15 is 0 Å². The molecule has 0 atom stereocenters. The van der Waals surface area contributed by atoms with Crippen molar-refractivity contribution in [2.45, 2.75) is 25.7 Å². The molecule has 2 aromatic rings. The molecular formula is C22H21N3O4S3. The lowest BCUT2D eigenvalue weighted by molar-refractivity contribution is -0.126. The highest BCUT2D eigenvalue weighted by Crippen LogP contribution is 2.38. The molecule has 2 heterocycles. The number of methoxy groups -OCH3 is 1. The minimum atomic E-state index is -0.548. The predicted molar refractivity (Wildman–Crippen MR) is 131 cm³/mol. The number of hydrogen-bond acceptors (Lipinski definition) is 7. The number of carbonyl (C=O) groups excluding carboxylic acids is 3. The van der Waals surface area contributed by atoms with E-state index in [2.05, 4.69) is 5.32 Å². The van der Waals surface area contributed by atoms with Crippen molar-refractivity contribution in [2.75, 3.05) is 19.0 Å². The maximum absolute atomic E-state index is 12.8. The Morgan fingerprint density at radius 1 is 1.25 bits per heavy atom. The summed E-state index contributed by atoms with van der Waals surface area (Å²) in [7, 11) is 1.59. The van der Waals surface area contributed by atoms with Gasteiger partial charge in [0.15, 0.2) is 0 Å². The Bertz CT molecular complexity index is 1140. The van der Waals surface area contributed by atoms with Gasteiger partial charge in [-0.1, -0.05) is 36.1 Å². The fourth-order valence-electron chi connectivity index (χ4n) is 3.71. The van der Waals surface area contributed by atoms with Gasteiger partial charge in [0.1, 0.15) is 21.6 Å². The van der Waals surface area contributed by atoms with Crippen LogP contribution in [0.5, 0.6) is 5.75 Å². The van der Waals surface area contributed by atoms with Gasteiger partial charge in [-0.2, -0.15) is 0 Å². The molecule has 7 nitrogen and oxygen atoms in total. The minimum absolute atomic E-state index is 0.231. The zero-order valence-electron chi connectivity index (χ0n) is 17.3. The lowest BCUT2D eigenvalue weighted by Crippen LogP contribution is -2.36. The maximum Gasteiger partial charge on any atom is 0.266 e. The molecule has 4 rings (SSSR count). The summed E-state index contributed by atoms with van der Waals surface area (Å²) in [6.07, 6.45) is 5.44. The number of thiocarbonyl (C=S) groups is 1. The van der Waals surface area contributed by atoms with E-state index < -0.39 is 11.8 Å². The number of hydrogen-bond donors (Lipinski definition) is 2. The molecule has 1 aromatic heterocycles. The molecule has 0 radical (unpaired) electrons. The smallest absolute Gasteiger partial charge is 0.266 e. The molecule has 166 valence electrons. The van der Waals surface area contributed by atoms with Gasteiger partial charge >= 0.3 is 0 Å².